The van der Waals surface area contributed by atoms with Crippen molar-refractivity contribution in [3.63, 3.8) is 0 Å². The van der Waals surface area contributed by atoms with Crippen LogP contribution in [-0.4, -0.2) is 11.0 Å². The van der Waals surface area contributed by atoms with Gasteiger partial charge in [0.05, 0.1) is 11.1 Å². The lowest BCUT2D eigenvalue weighted by Crippen LogP contribution is -2.09. The molecule has 0 aliphatic heterocycles. The van der Waals surface area contributed by atoms with Crippen LogP contribution in [0.1, 0.15) is 32.7 Å². The molecule has 2 aromatic carbocycles. The summed E-state index contributed by atoms with van der Waals surface area (Å²) in [5.74, 6) is -0.449. The summed E-state index contributed by atoms with van der Waals surface area (Å²) in [6.07, 6.45) is 0. The van der Waals surface area contributed by atoms with Crippen molar-refractivity contribution in [3.05, 3.63) is 86.9 Å². The van der Waals surface area contributed by atoms with Crippen LogP contribution in [-0.2, 0) is 11.3 Å². The highest BCUT2D eigenvalue weighted by Crippen LogP contribution is 2.23. The number of pyridine rings is 1. The molecule has 0 unspecified atom stereocenters. The Kier molecular flexibility index (Phi) is 4.43. The molecule has 0 atom stereocenters. The SMILES string of the molecule is Cc1ccc2c(COC(=O)c3cc(C)nc4ccc(C)cc34)cc(=O)oc2c1. The van der Waals surface area contributed by atoms with E-state index in [0.717, 1.165) is 33.1 Å². The normalized spacial score (nSPS) is 11.1. The number of hydrogen-bond acceptors (Lipinski definition) is 5. The Balaban J connectivity index is 1.69. The smallest absolute Gasteiger partial charge is 0.339 e. The third-order valence-electron chi connectivity index (χ3n) is 4.66. The molecule has 0 saturated heterocycles. The first-order valence-electron chi connectivity index (χ1n) is 8.99. The van der Waals surface area contributed by atoms with Crippen LogP contribution in [0.15, 0.2) is 57.7 Å². The number of fused-ring (bicyclic) bond motifs is 2. The summed E-state index contributed by atoms with van der Waals surface area (Å²) in [6.45, 7) is 5.71. The molecule has 4 aromatic rings. The zero-order valence-corrected chi connectivity index (χ0v) is 15.9. The Morgan fingerprint density at radius 1 is 0.964 bits per heavy atom. The minimum absolute atomic E-state index is 0.0152. The van der Waals surface area contributed by atoms with Gasteiger partial charge in [-0.25, -0.2) is 9.59 Å². The maximum atomic E-state index is 12.8. The lowest BCUT2D eigenvalue weighted by Gasteiger charge is -2.10. The van der Waals surface area contributed by atoms with E-state index in [1.807, 2.05) is 51.1 Å². The average molecular weight is 373 g/mol. The van der Waals surface area contributed by atoms with Gasteiger partial charge < -0.3 is 9.15 Å². The molecular formula is C23H19NO4. The van der Waals surface area contributed by atoms with Crippen LogP contribution >= 0.6 is 0 Å². The molecule has 4 rings (SSSR count). The summed E-state index contributed by atoms with van der Waals surface area (Å²) in [6, 6.07) is 14.5. The lowest BCUT2D eigenvalue weighted by molar-refractivity contribution is 0.0476. The van der Waals surface area contributed by atoms with Gasteiger partial charge in [-0.2, -0.15) is 0 Å². The number of aryl methyl sites for hydroxylation is 3. The molecule has 140 valence electrons. The first kappa shape index (κ1) is 17.9. The fourth-order valence-corrected chi connectivity index (χ4v) is 3.32. The second kappa shape index (κ2) is 6.93. The predicted molar refractivity (Wildman–Crippen MR) is 108 cm³/mol. The zero-order chi connectivity index (χ0) is 19.8. The van der Waals surface area contributed by atoms with Crippen LogP contribution in [0.5, 0.6) is 0 Å². The first-order chi connectivity index (χ1) is 13.4. The fourth-order valence-electron chi connectivity index (χ4n) is 3.32. The van der Waals surface area contributed by atoms with E-state index in [1.165, 1.54) is 6.07 Å². The van der Waals surface area contributed by atoms with Crippen LogP contribution in [0.25, 0.3) is 21.9 Å². The van der Waals surface area contributed by atoms with E-state index in [-0.39, 0.29) is 6.61 Å². The molecule has 0 aliphatic carbocycles. The molecule has 0 fully saturated rings. The van der Waals surface area contributed by atoms with Gasteiger partial charge in [0.25, 0.3) is 0 Å². The van der Waals surface area contributed by atoms with Gasteiger partial charge in [0.15, 0.2) is 0 Å². The van der Waals surface area contributed by atoms with Crippen molar-refractivity contribution in [2.75, 3.05) is 0 Å². The standard InChI is InChI=1S/C23H19NO4/c1-13-5-7-20-18(8-13)19(10-15(3)24-20)23(26)27-12-16-11-22(25)28-21-9-14(2)4-6-17(16)21/h4-11H,12H2,1-3H3. The first-order valence-corrected chi connectivity index (χ1v) is 8.99. The van der Waals surface area contributed by atoms with Gasteiger partial charge in [-0.1, -0.05) is 23.8 Å². The van der Waals surface area contributed by atoms with Crippen LogP contribution < -0.4 is 5.63 Å². The van der Waals surface area contributed by atoms with Crippen molar-refractivity contribution in [2.45, 2.75) is 27.4 Å². The van der Waals surface area contributed by atoms with E-state index in [1.54, 1.807) is 12.1 Å². The number of rotatable bonds is 3. The molecular weight excluding hydrogens is 354 g/mol. The number of ether oxygens (including phenoxy) is 1. The number of nitrogens with zero attached hydrogens (tertiary/aromatic N) is 1. The highest BCUT2D eigenvalue weighted by atomic mass is 16.5. The van der Waals surface area contributed by atoms with E-state index >= 15 is 0 Å². The highest BCUT2D eigenvalue weighted by Gasteiger charge is 2.15. The summed E-state index contributed by atoms with van der Waals surface area (Å²) in [5, 5.41) is 1.51. The van der Waals surface area contributed by atoms with Crippen LogP contribution in [0, 0.1) is 20.8 Å². The Morgan fingerprint density at radius 2 is 1.71 bits per heavy atom. The van der Waals surface area contributed by atoms with E-state index < -0.39 is 11.6 Å². The maximum absolute atomic E-state index is 12.8. The number of carbonyl (C=O) groups excluding carboxylic acids is 1. The van der Waals surface area contributed by atoms with E-state index in [2.05, 4.69) is 4.98 Å². The van der Waals surface area contributed by atoms with Crippen LogP contribution in [0.4, 0.5) is 0 Å². The second-order valence-electron chi connectivity index (χ2n) is 7.00. The van der Waals surface area contributed by atoms with Gasteiger partial charge in [0, 0.05) is 28.1 Å². The highest BCUT2D eigenvalue weighted by molar-refractivity contribution is 6.03. The van der Waals surface area contributed by atoms with E-state index in [0.29, 0.717) is 16.7 Å². The summed E-state index contributed by atoms with van der Waals surface area (Å²) in [7, 11) is 0. The Hall–Kier alpha value is -3.47. The van der Waals surface area contributed by atoms with Gasteiger partial charge in [-0.3, -0.25) is 4.98 Å². The third kappa shape index (κ3) is 3.39. The summed E-state index contributed by atoms with van der Waals surface area (Å²) < 4.78 is 10.8. The number of aromatic nitrogens is 1. The van der Waals surface area contributed by atoms with Gasteiger partial charge in [0.1, 0.15) is 12.2 Å². The van der Waals surface area contributed by atoms with E-state index in [4.69, 9.17) is 9.15 Å². The largest absolute Gasteiger partial charge is 0.457 e. The van der Waals surface area contributed by atoms with E-state index in [9.17, 15) is 9.59 Å². The number of esters is 1. The van der Waals surface area contributed by atoms with Gasteiger partial charge in [-0.05, 0) is 50.6 Å². The molecule has 0 radical (unpaired) electrons. The molecule has 0 bridgehead atoms. The molecule has 2 heterocycles. The average Bonchev–Trinajstić information content (AvgIpc) is 2.65. The van der Waals surface area contributed by atoms with Crippen molar-refractivity contribution >= 4 is 27.8 Å². The predicted octanol–water partition coefficient (Wildman–Crippen LogP) is 4.62. The molecule has 0 N–H and O–H groups in total. The molecule has 5 heteroatoms. The zero-order valence-electron chi connectivity index (χ0n) is 15.9. The minimum Gasteiger partial charge on any atom is -0.457 e. The molecule has 0 aliphatic rings. The molecule has 5 nitrogen and oxygen atoms in total. The quantitative estimate of drug-likeness (QED) is 0.387. The Labute approximate surface area is 161 Å². The van der Waals surface area contributed by atoms with Crippen molar-refractivity contribution in [3.8, 4) is 0 Å². The van der Waals surface area contributed by atoms with Gasteiger partial charge in [0.2, 0.25) is 0 Å². The summed E-state index contributed by atoms with van der Waals surface area (Å²) in [4.78, 5) is 29.2. The second-order valence-corrected chi connectivity index (χ2v) is 7.00. The molecule has 28 heavy (non-hydrogen) atoms. The van der Waals surface area contributed by atoms with Crippen molar-refractivity contribution in [1.82, 2.24) is 4.98 Å². The van der Waals surface area contributed by atoms with Crippen molar-refractivity contribution in [2.24, 2.45) is 0 Å². The summed E-state index contributed by atoms with van der Waals surface area (Å²) >= 11 is 0. The molecule has 0 spiro atoms. The van der Waals surface area contributed by atoms with Crippen molar-refractivity contribution in [1.29, 1.82) is 0 Å². The lowest BCUT2D eigenvalue weighted by atomic mass is 10.1. The van der Waals surface area contributed by atoms with Gasteiger partial charge in [-0.15, -0.1) is 0 Å². The number of hydrogen-bond donors (Lipinski definition) is 0. The fraction of sp³-hybridized carbons (Fsp3) is 0.174. The molecule has 0 amide bonds. The minimum atomic E-state index is -0.468. The molecule has 0 saturated carbocycles. The third-order valence-corrected chi connectivity index (χ3v) is 4.66. The monoisotopic (exact) mass is 373 g/mol. The van der Waals surface area contributed by atoms with Gasteiger partial charge >= 0.3 is 11.6 Å². The van der Waals surface area contributed by atoms with Crippen molar-refractivity contribution < 1.29 is 13.9 Å². The van der Waals surface area contributed by atoms with Crippen LogP contribution in [0.2, 0.25) is 0 Å². The Morgan fingerprint density at radius 3 is 2.54 bits per heavy atom. The number of benzene rings is 2. The van der Waals surface area contributed by atoms with Crippen LogP contribution in [0.3, 0.4) is 0 Å². The number of carbonyl (C=O) groups is 1. The Bertz CT molecular complexity index is 1290. The molecule has 2 aromatic heterocycles. The topological polar surface area (TPSA) is 69.4 Å². The maximum Gasteiger partial charge on any atom is 0.339 e. The summed E-state index contributed by atoms with van der Waals surface area (Å²) in [5.41, 5.74) is 4.61.